The number of fused-ring (bicyclic) bond motifs is 2. The van der Waals surface area contributed by atoms with Crippen LogP contribution < -0.4 is 10.7 Å². The van der Waals surface area contributed by atoms with E-state index in [4.69, 9.17) is 5.11 Å². The molecule has 0 radical (unpaired) electrons. The number of aromatic amines is 1. The number of carboxylic acid groups (broad SMARTS) is 1. The zero-order chi connectivity index (χ0) is 16.9. The molecular formula is C19H20N2O3. The number of carbonyl (C=O) groups is 1. The summed E-state index contributed by atoms with van der Waals surface area (Å²) in [6, 6.07) is 13.2. The van der Waals surface area contributed by atoms with Gasteiger partial charge in [0.15, 0.2) is 5.43 Å². The Morgan fingerprint density at radius 1 is 1.00 bits per heavy atom. The van der Waals surface area contributed by atoms with Gasteiger partial charge >= 0.3 is 5.97 Å². The average Bonchev–Trinajstić information content (AvgIpc) is 2.58. The average molecular weight is 324 g/mol. The highest BCUT2D eigenvalue weighted by atomic mass is 16.4. The van der Waals surface area contributed by atoms with Crippen molar-refractivity contribution < 1.29 is 9.90 Å². The van der Waals surface area contributed by atoms with Crippen molar-refractivity contribution in [2.75, 3.05) is 11.9 Å². The molecule has 0 bridgehead atoms. The number of hydrogen-bond acceptors (Lipinski definition) is 3. The smallest absolute Gasteiger partial charge is 0.303 e. The van der Waals surface area contributed by atoms with Crippen molar-refractivity contribution in [1.29, 1.82) is 0 Å². The van der Waals surface area contributed by atoms with Crippen LogP contribution in [0.3, 0.4) is 0 Å². The molecule has 124 valence electrons. The molecule has 0 fully saturated rings. The number of H-pyrrole nitrogens is 1. The fourth-order valence-corrected chi connectivity index (χ4v) is 2.92. The number of para-hydroxylation sites is 1. The summed E-state index contributed by atoms with van der Waals surface area (Å²) in [4.78, 5) is 26.6. The van der Waals surface area contributed by atoms with Gasteiger partial charge in [0.25, 0.3) is 0 Å². The molecule has 1 heterocycles. The molecule has 2 aromatic carbocycles. The molecule has 1 aromatic heterocycles. The summed E-state index contributed by atoms with van der Waals surface area (Å²) in [5.74, 6) is -0.754. The van der Waals surface area contributed by atoms with Crippen LogP contribution in [0.2, 0.25) is 0 Å². The molecule has 0 aliphatic rings. The number of benzene rings is 2. The van der Waals surface area contributed by atoms with Crippen LogP contribution in [0.4, 0.5) is 5.69 Å². The van der Waals surface area contributed by atoms with Crippen LogP contribution in [-0.4, -0.2) is 22.6 Å². The summed E-state index contributed by atoms with van der Waals surface area (Å²) < 4.78 is 0. The lowest BCUT2D eigenvalue weighted by Gasteiger charge is -2.10. The van der Waals surface area contributed by atoms with E-state index in [2.05, 4.69) is 10.3 Å². The summed E-state index contributed by atoms with van der Waals surface area (Å²) in [6.07, 6.45) is 2.61. The maximum atomic E-state index is 12.8. The largest absolute Gasteiger partial charge is 0.481 e. The minimum atomic E-state index is -0.754. The second kappa shape index (κ2) is 7.17. The normalized spacial score (nSPS) is 11.0. The molecule has 0 spiro atoms. The Kier molecular flexibility index (Phi) is 4.79. The lowest BCUT2D eigenvalue weighted by atomic mass is 10.1. The van der Waals surface area contributed by atoms with E-state index in [1.54, 1.807) is 0 Å². The number of rotatable bonds is 7. The van der Waals surface area contributed by atoms with E-state index in [1.807, 2.05) is 42.5 Å². The first kappa shape index (κ1) is 16.1. The van der Waals surface area contributed by atoms with Crippen LogP contribution in [0, 0.1) is 0 Å². The highest BCUT2D eigenvalue weighted by Crippen LogP contribution is 2.21. The molecule has 0 saturated carbocycles. The van der Waals surface area contributed by atoms with Gasteiger partial charge in [0.05, 0.1) is 10.9 Å². The van der Waals surface area contributed by atoms with Gasteiger partial charge in [0.1, 0.15) is 0 Å². The third-order valence-corrected chi connectivity index (χ3v) is 4.12. The Labute approximate surface area is 139 Å². The highest BCUT2D eigenvalue weighted by molar-refractivity contribution is 5.99. The van der Waals surface area contributed by atoms with Gasteiger partial charge in [-0.05, 0) is 37.1 Å². The van der Waals surface area contributed by atoms with Crippen LogP contribution >= 0.6 is 0 Å². The third-order valence-electron chi connectivity index (χ3n) is 4.12. The van der Waals surface area contributed by atoms with Crippen molar-refractivity contribution in [3.05, 3.63) is 52.7 Å². The van der Waals surface area contributed by atoms with Gasteiger partial charge in [-0.25, -0.2) is 0 Å². The topological polar surface area (TPSA) is 82.2 Å². The Morgan fingerprint density at radius 3 is 2.62 bits per heavy atom. The standard InChI is InChI=1S/C19H20N2O3/c22-17(23)11-2-1-5-12-20-15-9-6-10-16-18(15)19(24)13-7-3-4-8-14(13)21-16/h3-4,6-10,20H,1-2,5,11-12H2,(H,21,24)(H,22,23). The van der Waals surface area contributed by atoms with E-state index in [1.165, 1.54) is 0 Å². The van der Waals surface area contributed by atoms with E-state index in [-0.39, 0.29) is 11.8 Å². The number of aromatic nitrogens is 1. The van der Waals surface area contributed by atoms with Crippen LogP contribution in [0.1, 0.15) is 25.7 Å². The molecule has 0 saturated heterocycles. The van der Waals surface area contributed by atoms with Crippen LogP contribution in [0.25, 0.3) is 21.8 Å². The van der Waals surface area contributed by atoms with Crippen molar-refractivity contribution in [2.24, 2.45) is 0 Å². The summed E-state index contributed by atoms with van der Waals surface area (Å²) >= 11 is 0. The summed E-state index contributed by atoms with van der Waals surface area (Å²) in [6.45, 7) is 0.713. The number of aliphatic carboxylic acids is 1. The minimum absolute atomic E-state index is 0.0216. The first-order chi connectivity index (χ1) is 11.7. The van der Waals surface area contributed by atoms with Gasteiger partial charge in [-0.15, -0.1) is 0 Å². The number of anilines is 1. The first-order valence-corrected chi connectivity index (χ1v) is 8.16. The van der Waals surface area contributed by atoms with Crippen molar-refractivity contribution in [1.82, 2.24) is 4.98 Å². The van der Waals surface area contributed by atoms with Crippen molar-refractivity contribution >= 4 is 33.5 Å². The predicted octanol–water partition coefficient (Wildman–Crippen LogP) is 3.74. The maximum absolute atomic E-state index is 12.8. The van der Waals surface area contributed by atoms with E-state index < -0.39 is 5.97 Å². The van der Waals surface area contributed by atoms with E-state index in [0.29, 0.717) is 23.7 Å². The minimum Gasteiger partial charge on any atom is -0.481 e. The number of unbranched alkanes of at least 4 members (excludes halogenated alkanes) is 2. The molecule has 0 unspecified atom stereocenters. The van der Waals surface area contributed by atoms with E-state index in [9.17, 15) is 9.59 Å². The molecular weight excluding hydrogens is 304 g/mol. The van der Waals surface area contributed by atoms with Gasteiger partial charge in [-0.1, -0.05) is 24.6 Å². The summed E-state index contributed by atoms with van der Waals surface area (Å²) in [5.41, 5.74) is 2.49. The third kappa shape index (κ3) is 3.40. The molecule has 0 atom stereocenters. The fourth-order valence-electron chi connectivity index (χ4n) is 2.92. The van der Waals surface area contributed by atoms with E-state index >= 15 is 0 Å². The molecule has 3 N–H and O–H groups in total. The SMILES string of the molecule is O=C(O)CCCCCNc1cccc2[nH]c3ccccc3c(=O)c12. The van der Waals surface area contributed by atoms with Gasteiger partial charge in [-0.2, -0.15) is 0 Å². The van der Waals surface area contributed by atoms with E-state index in [0.717, 1.165) is 29.6 Å². The van der Waals surface area contributed by atoms with Gasteiger partial charge in [0, 0.05) is 29.6 Å². The number of carboxylic acids is 1. The predicted molar refractivity (Wildman–Crippen MR) is 96.7 cm³/mol. The van der Waals surface area contributed by atoms with Crippen molar-refractivity contribution in [2.45, 2.75) is 25.7 Å². The quantitative estimate of drug-likeness (QED) is 0.457. The van der Waals surface area contributed by atoms with Crippen molar-refractivity contribution in [3.8, 4) is 0 Å². The first-order valence-electron chi connectivity index (χ1n) is 8.16. The lowest BCUT2D eigenvalue weighted by molar-refractivity contribution is -0.137. The Bertz CT molecular complexity index is 931. The molecule has 3 rings (SSSR count). The van der Waals surface area contributed by atoms with Crippen LogP contribution in [0.15, 0.2) is 47.3 Å². The molecule has 24 heavy (non-hydrogen) atoms. The zero-order valence-electron chi connectivity index (χ0n) is 13.3. The maximum Gasteiger partial charge on any atom is 0.303 e. The second-order valence-corrected chi connectivity index (χ2v) is 5.86. The highest BCUT2D eigenvalue weighted by Gasteiger charge is 2.08. The molecule has 0 amide bonds. The summed E-state index contributed by atoms with van der Waals surface area (Å²) in [5, 5.41) is 13.3. The Balaban J connectivity index is 1.80. The number of hydrogen-bond donors (Lipinski definition) is 3. The summed E-state index contributed by atoms with van der Waals surface area (Å²) in [7, 11) is 0. The second-order valence-electron chi connectivity index (χ2n) is 5.86. The van der Waals surface area contributed by atoms with Crippen LogP contribution in [-0.2, 0) is 4.79 Å². The number of nitrogens with one attached hydrogen (secondary N) is 2. The molecule has 5 heteroatoms. The van der Waals surface area contributed by atoms with Crippen molar-refractivity contribution in [3.63, 3.8) is 0 Å². The fraction of sp³-hybridized carbons (Fsp3) is 0.263. The monoisotopic (exact) mass is 324 g/mol. The van der Waals surface area contributed by atoms with Gasteiger partial charge in [0.2, 0.25) is 0 Å². The Morgan fingerprint density at radius 2 is 1.79 bits per heavy atom. The lowest BCUT2D eigenvalue weighted by Crippen LogP contribution is -2.09. The zero-order valence-corrected chi connectivity index (χ0v) is 13.3. The van der Waals surface area contributed by atoms with Gasteiger partial charge < -0.3 is 15.4 Å². The molecule has 0 aliphatic carbocycles. The van der Waals surface area contributed by atoms with Gasteiger partial charge in [-0.3, -0.25) is 9.59 Å². The van der Waals surface area contributed by atoms with Crippen LogP contribution in [0.5, 0.6) is 0 Å². The molecule has 3 aromatic rings. The molecule has 0 aliphatic heterocycles. The Hall–Kier alpha value is -2.82. The number of pyridine rings is 1. The molecule has 5 nitrogen and oxygen atoms in total.